The lowest BCUT2D eigenvalue weighted by Gasteiger charge is -2.23. The van der Waals surface area contributed by atoms with E-state index in [0.717, 1.165) is 23.7 Å². The zero-order chi connectivity index (χ0) is 20.9. The minimum atomic E-state index is -1.99. The molecule has 0 saturated carbocycles. The summed E-state index contributed by atoms with van der Waals surface area (Å²) < 4.78 is 21.5. The van der Waals surface area contributed by atoms with Crippen LogP contribution in [-0.4, -0.2) is 57.9 Å². The summed E-state index contributed by atoms with van der Waals surface area (Å²) >= 11 is 0. The maximum absolute atomic E-state index is 5.36. The molecule has 156 valence electrons. The second-order valence-corrected chi connectivity index (χ2v) is 13.4. The number of para-hydroxylation sites is 2. The molecule has 0 aliphatic heterocycles. The van der Waals surface area contributed by atoms with Gasteiger partial charge in [0.2, 0.25) is 0 Å². The number of benzene rings is 2. The van der Waals surface area contributed by atoms with E-state index in [2.05, 4.69) is 10.6 Å². The van der Waals surface area contributed by atoms with Crippen LogP contribution < -0.4 is 10.6 Å². The van der Waals surface area contributed by atoms with Crippen molar-refractivity contribution in [2.75, 3.05) is 51.4 Å². The summed E-state index contributed by atoms with van der Waals surface area (Å²) in [5, 5.41) is 6.60. The van der Waals surface area contributed by atoms with Crippen LogP contribution in [0.4, 0.5) is 11.4 Å². The largest absolute Gasteiger partial charge is 0.397 e. The predicted octanol–water partition coefficient (Wildman–Crippen LogP) is 4.01. The Morgan fingerprint density at radius 3 is 1.11 bits per heavy atom. The highest BCUT2D eigenvalue weighted by Crippen LogP contribution is 2.10. The SMILES string of the molecule is CO[Si](C)(CNc1ccccc1)OC.CO[Si](C)(CNc1ccccc1)OC. The van der Waals surface area contributed by atoms with E-state index >= 15 is 0 Å². The van der Waals surface area contributed by atoms with Crippen LogP contribution in [0, 0.1) is 0 Å². The van der Waals surface area contributed by atoms with Gasteiger partial charge in [0.15, 0.2) is 0 Å². The van der Waals surface area contributed by atoms with Crippen molar-refractivity contribution in [2.24, 2.45) is 0 Å². The lowest BCUT2D eigenvalue weighted by Crippen LogP contribution is -2.44. The van der Waals surface area contributed by atoms with E-state index in [1.807, 2.05) is 73.8 Å². The first-order valence-corrected chi connectivity index (χ1v) is 14.2. The quantitative estimate of drug-likeness (QED) is 0.564. The lowest BCUT2D eigenvalue weighted by atomic mass is 10.3. The van der Waals surface area contributed by atoms with Gasteiger partial charge in [0.25, 0.3) is 0 Å². The van der Waals surface area contributed by atoms with E-state index in [-0.39, 0.29) is 0 Å². The van der Waals surface area contributed by atoms with Gasteiger partial charge in [-0.05, 0) is 37.4 Å². The van der Waals surface area contributed by atoms with Crippen LogP contribution in [0.15, 0.2) is 60.7 Å². The van der Waals surface area contributed by atoms with Crippen LogP contribution in [0.5, 0.6) is 0 Å². The Bertz CT molecular complexity index is 582. The maximum Gasteiger partial charge on any atom is 0.354 e. The molecule has 0 heterocycles. The highest BCUT2D eigenvalue weighted by atomic mass is 28.4. The van der Waals surface area contributed by atoms with Gasteiger partial charge in [-0.3, -0.25) is 0 Å². The van der Waals surface area contributed by atoms with Gasteiger partial charge in [0, 0.05) is 39.8 Å². The molecule has 0 amide bonds. The van der Waals surface area contributed by atoms with Crippen LogP contribution in [-0.2, 0) is 17.7 Å². The predicted molar refractivity (Wildman–Crippen MR) is 121 cm³/mol. The highest BCUT2D eigenvalue weighted by Gasteiger charge is 2.28. The van der Waals surface area contributed by atoms with Gasteiger partial charge >= 0.3 is 17.1 Å². The molecule has 0 radical (unpaired) electrons. The van der Waals surface area contributed by atoms with Crippen LogP contribution in [0.2, 0.25) is 13.1 Å². The van der Waals surface area contributed by atoms with Crippen molar-refractivity contribution in [1.29, 1.82) is 0 Å². The molecule has 0 saturated heterocycles. The molecule has 0 bridgehead atoms. The van der Waals surface area contributed by atoms with Crippen molar-refractivity contribution in [3.05, 3.63) is 60.7 Å². The Balaban J connectivity index is 0.000000280. The molecule has 0 aromatic heterocycles. The molecule has 6 nitrogen and oxygen atoms in total. The number of hydrogen-bond donors (Lipinski definition) is 2. The first-order chi connectivity index (χ1) is 13.4. The van der Waals surface area contributed by atoms with Crippen molar-refractivity contribution < 1.29 is 17.7 Å². The fraction of sp³-hybridized carbons (Fsp3) is 0.400. The van der Waals surface area contributed by atoms with Gasteiger partial charge in [-0.1, -0.05) is 36.4 Å². The molecule has 2 aromatic carbocycles. The van der Waals surface area contributed by atoms with E-state index in [4.69, 9.17) is 17.7 Å². The zero-order valence-corrected chi connectivity index (χ0v) is 19.8. The van der Waals surface area contributed by atoms with E-state index < -0.39 is 17.1 Å². The number of anilines is 2. The highest BCUT2D eigenvalue weighted by molar-refractivity contribution is 6.67. The topological polar surface area (TPSA) is 61.0 Å². The average Bonchev–Trinajstić information content (AvgIpc) is 2.77. The molecule has 0 aliphatic rings. The first kappa shape index (κ1) is 24.4. The minimum absolute atomic E-state index is 0.754. The normalized spacial score (nSPS) is 11.4. The van der Waals surface area contributed by atoms with E-state index in [0.29, 0.717) is 0 Å². The van der Waals surface area contributed by atoms with E-state index in [1.165, 1.54) is 0 Å². The minimum Gasteiger partial charge on any atom is -0.397 e. The fourth-order valence-electron chi connectivity index (χ4n) is 2.09. The molecule has 2 N–H and O–H groups in total. The van der Waals surface area contributed by atoms with Crippen molar-refractivity contribution in [3.63, 3.8) is 0 Å². The molecule has 8 heteroatoms. The van der Waals surface area contributed by atoms with Gasteiger partial charge in [0.1, 0.15) is 0 Å². The summed E-state index contributed by atoms with van der Waals surface area (Å²) in [6.07, 6.45) is 1.51. The van der Waals surface area contributed by atoms with E-state index in [9.17, 15) is 0 Å². The van der Waals surface area contributed by atoms with Gasteiger partial charge in [-0.25, -0.2) is 0 Å². The average molecular weight is 423 g/mol. The molecule has 2 aromatic rings. The molecule has 2 rings (SSSR count). The molecule has 0 spiro atoms. The smallest absolute Gasteiger partial charge is 0.354 e. The van der Waals surface area contributed by atoms with Gasteiger partial charge < -0.3 is 28.3 Å². The summed E-state index contributed by atoms with van der Waals surface area (Å²) in [5.74, 6) is 0. The monoisotopic (exact) mass is 422 g/mol. The summed E-state index contributed by atoms with van der Waals surface area (Å²) in [6, 6.07) is 20.1. The Kier molecular flexibility index (Phi) is 11.1. The number of rotatable bonds is 10. The van der Waals surface area contributed by atoms with Crippen molar-refractivity contribution in [3.8, 4) is 0 Å². The van der Waals surface area contributed by atoms with Crippen LogP contribution in [0.25, 0.3) is 0 Å². The number of hydrogen-bond acceptors (Lipinski definition) is 6. The second-order valence-electron chi connectivity index (χ2n) is 6.52. The van der Waals surface area contributed by atoms with Gasteiger partial charge in [-0.15, -0.1) is 0 Å². The van der Waals surface area contributed by atoms with Crippen molar-refractivity contribution in [1.82, 2.24) is 0 Å². The van der Waals surface area contributed by atoms with Crippen LogP contribution in [0.3, 0.4) is 0 Å². The van der Waals surface area contributed by atoms with Crippen molar-refractivity contribution >= 4 is 28.5 Å². The van der Waals surface area contributed by atoms with Crippen molar-refractivity contribution in [2.45, 2.75) is 13.1 Å². The molecule has 0 atom stereocenters. The lowest BCUT2D eigenvalue weighted by molar-refractivity contribution is 0.252. The standard InChI is InChI=1S/2C10H17NO2Si/c2*1-12-14(3,13-2)9-11-10-7-5-4-6-8-10/h2*4-8,11H,9H2,1-3H3. The van der Waals surface area contributed by atoms with Crippen LogP contribution >= 0.6 is 0 Å². The third kappa shape index (κ3) is 9.00. The fourth-order valence-corrected chi connectivity index (χ4v) is 4.05. The summed E-state index contributed by atoms with van der Waals surface area (Å²) in [7, 11) is 2.80. The second kappa shape index (κ2) is 12.7. The Morgan fingerprint density at radius 2 is 0.857 bits per heavy atom. The Morgan fingerprint density at radius 1 is 0.571 bits per heavy atom. The molecule has 0 unspecified atom stereocenters. The third-order valence-electron chi connectivity index (χ3n) is 4.50. The molecular formula is C20H34N2O4Si2. The van der Waals surface area contributed by atoms with Gasteiger partial charge in [-0.2, -0.15) is 0 Å². The third-order valence-corrected chi connectivity index (χ3v) is 9.59. The maximum atomic E-state index is 5.36. The zero-order valence-electron chi connectivity index (χ0n) is 17.8. The number of nitrogens with one attached hydrogen (secondary N) is 2. The summed E-state index contributed by atoms with van der Waals surface area (Å²) in [5.41, 5.74) is 2.20. The first-order valence-electron chi connectivity index (χ1n) is 9.19. The summed E-state index contributed by atoms with van der Waals surface area (Å²) in [6.45, 7) is 4.06. The Labute approximate surface area is 171 Å². The molecular weight excluding hydrogens is 388 g/mol. The van der Waals surface area contributed by atoms with Gasteiger partial charge in [0.05, 0.1) is 12.3 Å². The molecule has 0 aliphatic carbocycles. The summed E-state index contributed by atoms with van der Waals surface area (Å²) in [4.78, 5) is 0. The van der Waals surface area contributed by atoms with E-state index in [1.54, 1.807) is 28.4 Å². The Hall–Kier alpha value is -1.69. The molecule has 0 fully saturated rings. The van der Waals surface area contributed by atoms with Crippen LogP contribution in [0.1, 0.15) is 0 Å². The molecule has 28 heavy (non-hydrogen) atoms.